The fourth-order valence-electron chi connectivity index (χ4n) is 3.27. The molecule has 0 spiro atoms. The number of rotatable bonds is 9. The molecule has 0 aliphatic heterocycles. The molecule has 1 amide bonds. The first-order valence-corrected chi connectivity index (χ1v) is 11.1. The summed E-state index contributed by atoms with van der Waals surface area (Å²) in [4.78, 5) is 30.7. The maximum Gasteiger partial charge on any atom is 0.512 e. The summed E-state index contributed by atoms with van der Waals surface area (Å²) in [5.41, 5.74) is 1.68. The number of hydrogen-bond donors (Lipinski definition) is 1. The van der Waals surface area contributed by atoms with Crippen LogP contribution < -0.4 is 4.74 Å². The Morgan fingerprint density at radius 2 is 1.71 bits per heavy atom. The van der Waals surface area contributed by atoms with Gasteiger partial charge in [0.05, 0.1) is 11.4 Å². The lowest BCUT2D eigenvalue weighted by atomic mass is 10.0. The molecule has 7 heteroatoms. The molecule has 0 bridgehead atoms. The van der Waals surface area contributed by atoms with Crippen LogP contribution in [0, 0.1) is 5.92 Å². The van der Waals surface area contributed by atoms with E-state index in [-0.39, 0.29) is 17.8 Å². The summed E-state index contributed by atoms with van der Waals surface area (Å²) in [5, 5.41) is 11.1. The lowest BCUT2D eigenvalue weighted by Crippen LogP contribution is -2.37. The van der Waals surface area contributed by atoms with E-state index in [1.807, 2.05) is 65.6 Å². The smallest absolute Gasteiger partial charge is 0.449 e. The second kappa shape index (κ2) is 10.7. The number of carboxylic acid groups (broad SMARTS) is 1. The van der Waals surface area contributed by atoms with Crippen LogP contribution in [0.1, 0.15) is 47.2 Å². The summed E-state index contributed by atoms with van der Waals surface area (Å²) in [6, 6.07) is 18.8. The number of benzene rings is 2. The Kier molecular flexibility index (Phi) is 7.78. The van der Waals surface area contributed by atoms with Crippen molar-refractivity contribution in [3.63, 3.8) is 0 Å². The van der Waals surface area contributed by atoms with Crippen molar-refractivity contribution in [3.05, 3.63) is 82.2 Å². The van der Waals surface area contributed by atoms with Gasteiger partial charge in [0.25, 0.3) is 5.91 Å². The number of carbonyl (C=O) groups excluding carboxylic acids is 1. The molecule has 1 unspecified atom stereocenters. The minimum Gasteiger partial charge on any atom is -0.449 e. The van der Waals surface area contributed by atoms with E-state index in [1.165, 1.54) is 11.3 Å². The van der Waals surface area contributed by atoms with Gasteiger partial charge in [-0.1, -0.05) is 62.4 Å². The van der Waals surface area contributed by atoms with Crippen LogP contribution in [-0.4, -0.2) is 33.6 Å². The van der Waals surface area contributed by atoms with Crippen molar-refractivity contribution >= 4 is 23.4 Å². The molecule has 1 N–H and O–H groups in total. The van der Waals surface area contributed by atoms with Gasteiger partial charge >= 0.3 is 6.16 Å². The normalized spacial score (nSPS) is 11.8. The fraction of sp³-hybridized carbons (Fsp3) is 0.292. The summed E-state index contributed by atoms with van der Waals surface area (Å²) < 4.78 is 4.73. The molecule has 1 atom stereocenters. The molecule has 0 radical (unpaired) electrons. The molecule has 31 heavy (non-hydrogen) atoms. The van der Waals surface area contributed by atoms with Crippen molar-refractivity contribution in [1.29, 1.82) is 0 Å². The highest BCUT2D eigenvalue weighted by Gasteiger charge is 2.29. The molecule has 1 aromatic heterocycles. The van der Waals surface area contributed by atoms with Gasteiger partial charge in [0.2, 0.25) is 5.88 Å². The maximum atomic E-state index is 13.5. The van der Waals surface area contributed by atoms with E-state index in [0.29, 0.717) is 29.5 Å². The molecule has 0 saturated carbocycles. The van der Waals surface area contributed by atoms with Crippen LogP contribution in [-0.2, 0) is 6.42 Å². The van der Waals surface area contributed by atoms with Gasteiger partial charge in [-0.3, -0.25) is 4.79 Å². The summed E-state index contributed by atoms with van der Waals surface area (Å²) in [6.07, 6.45) is -0.000819. The zero-order valence-electron chi connectivity index (χ0n) is 17.6. The van der Waals surface area contributed by atoms with E-state index < -0.39 is 6.16 Å². The summed E-state index contributed by atoms with van der Waals surface area (Å²) in [7, 11) is 0. The highest BCUT2D eigenvalue weighted by atomic mass is 32.1. The molecule has 2 aromatic carbocycles. The Hall–Kier alpha value is -3.19. The Bertz CT molecular complexity index is 989. The van der Waals surface area contributed by atoms with Crippen LogP contribution in [0.15, 0.2) is 66.0 Å². The summed E-state index contributed by atoms with van der Waals surface area (Å²) >= 11 is 1.30. The third kappa shape index (κ3) is 6.39. The summed E-state index contributed by atoms with van der Waals surface area (Å²) in [6.45, 7) is 4.82. The van der Waals surface area contributed by atoms with Gasteiger partial charge in [0.1, 0.15) is 5.01 Å². The predicted octanol–water partition coefficient (Wildman–Crippen LogP) is 5.67. The third-order valence-electron chi connectivity index (χ3n) is 4.85. The molecule has 0 saturated heterocycles. The average molecular weight is 439 g/mol. The molecule has 3 rings (SSSR count). The Morgan fingerprint density at radius 3 is 2.32 bits per heavy atom. The second-order valence-electron chi connectivity index (χ2n) is 7.64. The van der Waals surface area contributed by atoms with Crippen molar-refractivity contribution in [2.24, 2.45) is 5.92 Å². The van der Waals surface area contributed by atoms with Gasteiger partial charge in [0.15, 0.2) is 0 Å². The molecular weight excluding hydrogens is 412 g/mol. The Labute approximate surface area is 186 Å². The second-order valence-corrected chi connectivity index (χ2v) is 8.53. The van der Waals surface area contributed by atoms with Crippen LogP contribution in [0.2, 0.25) is 0 Å². The molecule has 0 fully saturated rings. The molecule has 0 aliphatic carbocycles. The van der Waals surface area contributed by atoms with Crippen LogP contribution in [0.5, 0.6) is 5.88 Å². The number of thiazole rings is 1. The lowest BCUT2D eigenvalue weighted by Gasteiger charge is -2.31. The average Bonchev–Trinajstić information content (AvgIpc) is 3.21. The van der Waals surface area contributed by atoms with E-state index in [9.17, 15) is 9.59 Å². The van der Waals surface area contributed by atoms with E-state index in [4.69, 9.17) is 9.84 Å². The number of nitrogens with zero attached hydrogens (tertiary/aromatic N) is 2. The molecular formula is C24H26N2O4S. The highest BCUT2D eigenvalue weighted by molar-refractivity contribution is 7.09. The monoisotopic (exact) mass is 438 g/mol. The topological polar surface area (TPSA) is 79.7 Å². The van der Waals surface area contributed by atoms with Crippen molar-refractivity contribution in [3.8, 4) is 5.88 Å². The van der Waals surface area contributed by atoms with Crippen molar-refractivity contribution in [2.45, 2.75) is 32.7 Å². The van der Waals surface area contributed by atoms with Crippen molar-refractivity contribution < 1.29 is 19.4 Å². The van der Waals surface area contributed by atoms with E-state index in [0.717, 1.165) is 12.0 Å². The molecule has 1 heterocycles. The number of amides is 1. The molecule has 3 aromatic rings. The van der Waals surface area contributed by atoms with Crippen LogP contribution in [0.4, 0.5) is 4.79 Å². The molecule has 0 aliphatic rings. The van der Waals surface area contributed by atoms with E-state index >= 15 is 0 Å². The number of hydrogen-bond acceptors (Lipinski definition) is 5. The van der Waals surface area contributed by atoms with Crippen molar-refractivity contribution in [2.75, 3.05) is 6.54 Å². The van der Waals surface area contributed by atoms with Crippen LogP contribution in [0.25, 0.3) is 0 Å². The largest absolute Gasteiger partial charge is 0.512 e. The first-order valence-electron chi connectivity index (χ1n) is 10.2. The van der Waals surface area contributed by atoms with Gasteiger partial charge in [-0.25, -0.2) is 9.78 Å². The first-order chi connectivity index (χ1) is 14.9. The van der Waals surface area contributed by atoms with Gasteiger partial charge < -0.3 is 14.7 Å². The third-order valence-corrected chi connectivity index (χ3v) is 5.78. The summed E-state index contributed by atoms with van der Waals surface area (Å²) in [5.74, 6) is 0.380. The minimum atomic E-state index is -1.41. The maximum absolute atomic E-state index is 13.5. The minimum absolute atomic E-state index is 0.0292. The Balaban J connectivity index is 1.99. The zero-order valence-corrected chi connectivity index (χ0v) is 18.4. The van der Waals surface area contributed by atoms with Crippen LogP contribution in [0.3, 0.4) is 0 Å². The van der Waals surface area contributed by atoms with Crippen LogP contribution >= 0.6 is 11.3 Å². The first kappa shape index (κ1) is 22.5. The quantitative estimate of drug-likeness (QED) is 0.435. The van der Waals surface area contributed by atoms with Gasteiger partial charge in [-0.15, -0.1) is 11.3 Å². The van der Waals surface area contributed by atoms with E-state index in [1.54, 1.807) is 5.38 Å². The Morgan fingerprint density at radius 1 is 1.06 bits per heavy atom. The lowest BCUT2D eigenvalue weighted by molar-refractivity contribution is 0.0663. The van der Waals surface area contributed by atoms with Gasteiger partial charge in [-0.2, -0.15) is 0 Å². The number of ether oxygens (including phenoxy) is 1. The standard InChI is InChI=1S/C24H26N2O4S/c1-17(2)13-14-26(23(27)19-11-7-4-8-12-19)20(15-18-9-5-3-6-10-18)22-25-21(16-31-22)30-24(28)29/h3-12,16-17,20H,13-15H2,1-2H3,(H,28,29). The zero-order chi connectivity index (χ0) is 22.2. The predicted molar refractivity (Wildman–Crippen MR) is 121 cm³/mol. The highest BCUT2D eigenvalue weighted by Crippen LogP contribution is 2.32. The fourth-order valence-corrected chi connectivity index (χ4v) is 4.11. The number of aromatic nitrogens is 1. The van der Waals surface area contributed by atoms with E-state index in [2.05, 4.69) is 18.8 Å². The SMILES string of the molecule is CC(C)CCN(C(=O)c1ccccc1)C(Cc1ccccc1)c1nc(OC(=O)O)cs1. The molecule has 162 valence electrons. The van der Waals surface area contributed by atoms with Gasteiger partial charge in [0, 0.05) is 12.1 Å². The number of carbonyl (C=O) groups is 2. The van der Waals surface area contributed by atoms with Crippen molar-refractivity contribution in [1.82, 2.24) is 9.88 Å². The van der Waals surface area contributed by atoms with Gasteiger partial charge in [-0.05, 0) is 36.5 Å². The molecule has 6 nitrogen and oxygen atoms in total.